The van der Waals surface area contributed by atoms with Crippen molar-refractivity contribution in [3.63, 3.8) is 0 Å². The zero-order valence-corrected chi connectivity index (χ0v) is 15.7. The van der Waals surface area contributed by atoms with Crippen LogP contribution in [-0.4, -0.2) is 35.1 Å². The average molecular weight is 424 g/mol. The zero-order chi connectivity index (χ0) is 20.9. The van der Waals surface area contributed by atoms with Crippen LogP contribution in [0.25, 0.3) is 10.6 Å². The molecule has 2 rings (SSSR count). The van der Waals surface area contributed by atoms with Crippen LogP contribution >= 0.6 is 11.3 Å². The van der Waals surface area contributed by atoms with Gasteiger partial charge in [0.15, 0.2) is 0 Å². The Kier molecular flexibility index (Phi) is 7.08. The van der Waals surface area contributed by atoms with E-state index in [1.807, 2.05) is 6.92 Å². The van der Waals surface area contributed by atoms with E-state index in [9.17, 15) is 31.1 Å². The summed E-state index contributed by atoms with van der Waals surface area (Å²) in [6.45, 7) is 0.499. The van der Waals surface area contributed by atoms with Gasteiger partial charge in [0, 0.05) is 17.5 Å². The second-order valence-electron chi connectivity index (χ2n) is 6.18. The highest BCUT2D eigenvalue weighted by Crippen LogP contribution is 2.32. The number of nitrogens with zero attached hydrogens (tertiary/aromatic N) is 2. The largest absolute Gasteiger partial charge is 0.416 e. The molecule has 0 aliphatic rings. The highest BCUT2D eigenvalue weighted by Gasteiger charge is 2.33. The quantitative estimate of drug-likeness (QED) is 0.545. The average Bonchev–Trinajstić information content (AvgIpc) is 3.05. The SMILES string of the molecule is CCCCN(CC(F)(F)F)C(=O)Cc1csc(-c2ccc(C(F)(F)F)cc2)n1. The summed E-state index contributed by atoms with van der Waals surface area (Å²) in [6.07, 6.45) is -8.13. The number of carbonyl (C=O) groups excluding carboxylic acids is 1. The van der Waals surface area contributed by atoms with E-state index in [1.54, 1.807) is 0 Å². The van der Waals surface area contributed by atoms with Crippen LogP contribution in [-0.2, 0) is 17.4 Å². The lowest BCUT2D eigenvalue weighted by atomic mass is 10.1. The number of carbonyl (C=O) groups is 1. The molecular formula is C18H18F6N2OS. The Morgan fingerprint density at radius 1 is 1.11 bits per heavy atom. The number of amides is 1. The van der Waals surface area contributed by atoms with Gasteiger partial charge in [-0.1, -0.05) is 25.5 Å². The fraction of sp³-hybridized carbons (Fsp3) is 0.444. The third-order valence-electron chi connectivity index (χ3n) is 3.85. The molecule has 1 aromatic carbocycles. The van der Waals surface area contributed by atoms with Crippen LogP contribution < -0.4 is 0 Å². The second kappa shape index (κ2) is 8.93. The molecule has 0 fully saturated rings. The first-order valence-corrected chi connectivity index (χ1v) is 9.34. The van der Waals surface area contributed by atoms with Crippen LogP contribution in [0.4, 0.5) is 26.3 Å². The number of rotatable bonds is 7. The standard InChI is InChI=1S/C18H18F6N2OS/c1-2-3-8-26(11-17(19,20)21)15(27)9-14-10-28-16(25-14)12-4-6-13(7-5-12)18(22,23)24/h4-7,10H,2-3,8-9,11H2,1H3. The van der Waals surface area contributed by atoms with Crippen LogP contribution in [0.5, 0.6) is 0 Å². The molecule has 0 bridgehead atoms. The van der Waals surface area contributed by atoms with Crippen molar-refractivity contribution in [1.82, 2.24) is 9.88 Å². The Labute approximate surface area is 162 Å². The van der Waals surface area contributed by atoms with Crippen molar-refractivity contribution in [2.45, 2.75) is 38.5 Å². The number of alkyl halides is 6. The van der Waals surface area contributed by atoms with E-state index in [0.29, 0.717) is 23.4 Å². The minimum Gasteiger partial charge on any atom is -0.333 e. The Morgan fingerprint density at radius 3 is 2.29 bits per heavy atom. The summed E-state index contributed by atoms with van der Waals surface area (Å²) < 4.78 is 75.9. The van der Waals surface area contributed by atoms with Gasteiger partial charge in [0.2, 0.25) is 5.91 Å². The molecule has 0 saturated carbocycles. The molecule has 10 heteroatoms. The lowest BCUT2D eigenvalue weighted by Crippen LogP contribution is -2.40. The van der Waals surface area contributed by atoms with Gasteiger partial charge in [-0.05, 0) is 18.6 Å². The first kappa shape index (κ1) is 22.2. The van der Waals surface area contributed by atoms with Crippen molar-refractivity contribution in [3.8, 4) is 10.6 Å². The van der Waals surface area contributed by atoms with Crippen molar-refractivity contribution in [2.75, 3.05) is 13.1 Å². The first-order valence-electron chi connectivity index (χ1n) is 8.46. The summed E-state index contributed by atoms with van der Waals surface area (Å²) in [5, 5.41) is 1.92. The van der Waals surface area contributed by atoms with Crippen LogP contribution in [0, 0.1) is 0 Å². The van der Waals surface area contributed by atoms with Gasteiger partial charge in [0.25, 0.3) is 0 Å². The highest BCUT2D eigenvalue weighted by atomic mass is 32.1. The molecule has 0 spiro atoms. The monoisotopic (exact) mass is 424 g/mol. The van der Waals surface area contributed by atoms with Crippen LogP contribution in [0.15, 0.2) is 29.6 Å². The van der Waals surface area contributed by atoms with Gasteiger partial charge >= 0.3 is 12.4 Å². The summed E-state index contributed by atoms with van der Waals surface area (Å²) in [5.74, 6) is -0.685. The van der Waals surface area contributed by atoms with E-state index in [2.05, 4.69) is 4.98 Å². The number of thiazole rings is 1. The molecule has 3 nitrogen and oxygen atoms in total. The molecule has 0 N–H and O–H groups in total. The summed E-state index contributed by atoms with van der Waals surface area (Å²) in [4.78, 5) is 17.2. The maximum Gasteiger partial charge on any atom is 0.416 e. The lowest BCUT2D eigenvalue weighted by molar-refractivity contribution is -0.161. The van der Waals surface area contributed by atoms with E-state index in [4.69, 9.17) is 0 Å². The molecule has 0 aliphatic carbocycles. The molecule has 0 saturated heterocycles. The molecule has 0 aliphatic heterocycles. The number of hydrogen-bond donors (Lipinski definition) is 0. The van der Waals surface area contributed by atoms with Crippen molar-refractivity contribution < 1.29 is 31.1 Å². The summed E-state index contributed by atoms with van der Waals surface area (Å²) in [5.41, 5.74) is -0.0645. The molecule has 1 amide bonds. The fourth-order valence-electron chi connectivity index (χ4n) is 2.45. The van der Waals surface area contributed by atoms with E-state index >= 15 is 0 Å². The molecule has 1 heterocycles. The van der Waals surface area contributed by atoms with Crippen LogP contribution in [0.3, 0.4) is 0 Å². The molecule has 1 aromatic heterocycles. The second-order valence-corrected chi connectivity index (χ2v) is 7.04. The van der Waals surface area contributed by atoms with Crippen LogP contribution in [0.1, 0.15) is 31.0 Å². The molecular weight excluding hydrogens is 406 g/mol. The van der Waals surface area contributed by atoms with Gasteiger partial charge < -0.3 is 4.90 Å². The van der Waals surface area contributed by atoms with Gasteiger partial charge in [-0.2, -0.15) is 26.3 Å². The number of benzene rings is 1. The predicted molar refractivity (Wildman–Crippen MR) is 93.8 cm³/mol. The minimum absolute atomic E-state index is 0.00470. The van der Waals surface area contributed by atoms with Gasteiger partial charge in [-0.25, -0.2) is 4.98 Å². The Bertz CT molecular complexity index is 783. The van der Waals surface area contributed by atoms with E-state index in [1.165, 1.54) is 17.5 Å². The number of unbranched alkanes of at least 4 members (excludes halogenated alkanes) is 1. The smallest absolute Gasteiger partial charge is 0.333 e. The van der Waals surface area contributed by atoms with Crippen molar-refractivity contribution in [1.29, 1.82) is 0 Å². The van der Waals surface area contributed by atoms with Crippen molar-refractivity contribution in [3.05, 3.63) is 40.9 Å². The Hall–Kier alpha value is -2.10. The highest BCUT2D eigenvalue weighted by molar-refractivity contribution is 7.13. The third kappa shape index (κ3) is 6.50. The number of aromatic nitrogens is 1. The predicted octanol–water partition coefficient (Wildman–Crippen LogP) is 5.56. The zero-order valence-electron chi connectivity index (χ0n) is 14.9. The maximum absolute atomic E-state index is 12.7. The molecule has 154 valence electrons. The van der Waals surface area contributed by atoms with Gasteiger partial charge in [-0.3, -0.25) is 4.79 Å². The topological polar surface area (TPSA) is 33.2 Å². The van der Waals surface area contributed by atoms with Gasteiger partial charge in [-0.15, -0.1) is 11.3 Å². The lowest BCUT2D eigenvalue weighted by Gasteiger charge is -2.23. The molecule has 0 radical (unpaired) electrons. The van der Waals surface area contributed by atoms with E-state index in [-0.39, 0.29) is 18.7 Å². The summed E-state index contributed by atoms with van der Waals surface area (Å²) >= 11 is 1.12. The summed E-state index contributed by atoms with van der Waals surface area (Å²) in [7, 11) is 0. The minimum atomic E-state index is -4.49. The normalized spacial score (nSPS) is 12.2. The third-order valence-corrected chi connectivity index (χ3v) is 4.79. The molecule has 28 heavy (non-hydrogen) atoms. The fourth-order valence-corrected chi connectivity index (χ4v) is 3.27. The number of hydrogen-bond acceptors (Lipinski definition) is 3. The van der Waals surface area contributed by atoms with E-state index in [0.717, 1.165) is 28.4 Å². The van der Waals surface area contributed by atoms with Crippen molar-refractivity contribution in [2.24, 2.45) is 0 Å². The van der Waals surface area contributed by atoms with Gasteiger partial charge in [0.05, 0.1) is 17.7 Å². The first-order chi connectivity index (χ1) is 13.0. The van der Waals surface area contributed by atoms with Crippen molar-refractivity contribution >= 4 is 17.2 Å². The molecule has 0 atom stereocenters. The Balaban J connectivity index is 2.09. The maximum atomic E-state index is 12.7. The Morgan fingerprint density at radius 2 is 1.75 bits per heavy atom. The molecule has 2 aromatic rings. The molecule has 0 unspecified atom stereocenters. The van der Waals surface area contributed by atoms with E-state index < -0.39 is 30.4 Å². The number of halogens is 6. The van der Waals surface area contributed by atoms with Gasteiger partial charge in [0.1, 0.15) is 11.6 Å². The van der Waals surface area contributed by atoms with Crippen LogP contribution in [0.2, 0.25) is 0 Å². The summed E-state index contributed by atoms with van der Waals surface area (Å²) in [6, 6.07) is 4.39.